The lowest BCUT2D eigenvalue weighted by Crippen LogP contribution is -2.44. The largest absolute Gasteiger partial charge is 0.358 e. The molecule has 1 aromatic carbocycles. The average Bonchev–Trinajstić information content (AvgIpc) is 2.97. The number of hydrogen-bond acceptors (Lipinski definition) is 3. The van der Waals surface area contributed by atoms with Crippen LogP contribution in [0.25, 0.3) is 0 Å². The fourth-order valence-electron chi connectivity index (χ4n) is 2.53. The normalized spacial score (nSPS) is 19.6. The van der Waals surface area contributed by atoms with Crippen molar-refractivity contribution in [1.29, 1.82) is 0 Å². The number of hydrogen-bond donors (Lipinski definition) is 1. The average molecular weight is 331 g/mol. The molecule has 1 N–H and O–H groups in total. The van der Waals surface area contributed by atoms with Gasteiger partial charge in [-0.25, -0.2) is 8.42 Å². The molecule has 0 spiro atoms. The van der Waals surface area contributed by atoms with E-state index in [4.69, 9.17) is 11.6 Å². The number of rotatable bonds is 5. The molecule has 0 aromatic heterocycles. The molecular formula is C14H19ClN2O3S. The highest BCUT2D eigenvalue weighted by Gasteiger charge is 2.38. The van der Waals surface area contributed by atoms with Gasteiger partial charge in [-0.3, -0.25) is 4.79 Å². The predicted octanol–water partition coefficient (Wildman–Crippen LogP) is 1.37. The molecule has 116 valence electrons. The van der Waals surface area contributed by atoms with Gasteiger partial charge in [-0.15, -0.1) is 11.6 Å². The zero-order valence-corrected chi connectivity index (χ0v) is 13.5. The molecule has 7 heteroatoms. The Bertz CT molecular complexity index is 601. The lowest BCUT2D eigenvalue weighted by Gasteiger charge is -2.22. The number of carbonyl (C=O) groups excluding carboxylic acids is 1. The molecule has 0 saturated carbocycles. The van der Waals surface area contributed by atoms with Crippen molar-refractivity contribution in [2.24, 2.45) is 0 Å². The van der Waals surface area contributed by atoms with Gasteiger partial charge in [0.1, 0.15) is 6.04 Å². The Labute approximate surface area is 130 Å². The molecule has 1 aliphatic heterocycles. The van der Waals surface area contributed by atoms with E-state index in [1.54, 1.807) is 24.3 Å². The SMILES string of the molecule is CNC(=O)C1CCCN1S(=O)(=O)c1ccc(CCCl)cc1. The first-order valence-electron chi connectivity index (χ1n) is 6.89. The van der Waals surface area contributed by atoms with Gasteiger partial charge in [-0.05, 0) is 37.0 Å². The lowest BCUT2D eigenvalue weighted by atomic mass is 10.2. The summed E-state index contributed by atoms with van der Waals surface area (Å²) in [7, 11) is -2.11. The summed E-state index contributed by atoms with van der Waals surface area (Å²) in [4.78, 5) is 12.0. The zero-order chi connectivity index (χ0) is 15.5. The van der Waals surface area contributed by atoms with Gasteiger partial charge in [0, 0.05) is 19.5 Å². The molecule has 1 amide bonds. The second kappa shape index (κ2) is 6.77. The quantitative estimate of drug-likeness (QED) is 0.829. The van der Waals surface area contributed by atoms with E-state index in [-0.39, 0.29) is 10.8 Å². The monoisotopic (exact) mass is 330 g/mol. The van der Waals surface area contributed by atoms with E-state index in [1.165, 1.54) is 11.4 Å². The molecule has 2 rings (SSSR count). The van der Waals surface area contributed by atoms with Gasteiger partial charge in [0.25, 0.3) is 0 Å². The van der Waals surface area contributed by atoms with Crippen molar-refractivity contribution in [3.63, 3.8) is 0 Å². The molecule has 1 heterocycles. The first-order chi connectivity index (χ1) is 10.0. The summed E-state index contributed by atoms with van der Waals surface area (Å²) in [5.41, 5.74) is 0.994. The lowest BCUT2D eigenvalue weighted by molar-refractivity contribution is -0.123. The Morgan fingerprint density at radius 2 is 2.05 bits per heavy atom. The van der Waals surface area contributed by atoms with Crippen LogP contribution in [-0.4, -0.2) is 44.1 Å². The van der Waals surface area contributed by atoms with E-state index in [1.807, 2.05) is 0 Å². The second-order valence-electron chi connectivity index (χ2n) is 4.97. The van der Waals surface area contributed by atoms with Crippen molar-refractivity contribution in [2.45, 2.75) is 30.2 Å². The fraction of sp³-hybridized carbons (Fsp3) is 0.500. The van der Waals surface area contributed by atoms with Gasteiger partial charge in [-0.1, -0.05) is 12.1 Å². The topological polar surface area (TPSA) is 66.5 Å². The minimum atomic E-state index is -3.64. The van der Waals surface area contributed by atoms with Gasteiger partial charge < -0.3 is 5.32 Å². The number of amides is 1. The third-order valence-electron chi connectivity index (χ3n) is 3.67. The first-order valence-corrected chi connectivity index (χ1v) is 8.86. The molecular weight excluding hydrogens is 312 g/mol. The van der Waals surface area contributed by atoms with Crippen LogP contribution in [0.3, 0.4) is 0 Å². The summed E-state index contributed by atoms with van der Waals surface area (Å²) < 4.78 is 26.6. The number of alkyl halides is 1. The zero-order valence-electron chi connectivity index (χ0n) is 11.9. The molecule has 5 nitrogen and oxygen atoms in total. The van der Waals surface area contributed by atoms with Crippen molar-refractivity contribution < 1.29 is 13.2 Å². The van der Waals surface area contributed by atoms with Crippen LogP contribution in [0.5, 0.6) is 0 Å². The third kappa shape index (κ3) is 3.39. The van der Waals surface area contributed by atoms with Gasteiger partial charge >= 0.3 is 0 Å². The number of likely N-dealkylation sites (N-methyl/N-ethyl adjacent to an activating group) is 1. The van der Waals surface area contributed by atoms with E-state index in [0.29, 0.717) is 31.7 Å². The third-order valence-corrected chi connectivity index (χ3v) is 5.78. The van der Waals surface area contributed by atoms with Crippen molar-refractivity contribution in [2.75, 3.05) is 19.5 Å². The maximum atomic E-state index is 12.7. The van der Waals surface area contributed by atoms with E-state index in [9.17, 15) is 13.2 Å². The van der Waals surface area contributed by atoms with Gasteiger partial charge in [-0.2, -0.15) is 4.31 Å². The summed E-state index contributed by atoms with van der Waals surface area (Å²) in [5.74, 6) is 0.242. The number of aryl methyl sites for hydroxylation is 1. The fourth-order valence-corrected chi connectivity index (χ4v) is 4.40. The minimum Gasteiger partial charge on any atom is -0.358 e. The highest BCUT2D eigenvalue weighted by atomic mass is 35.5. The summed E-state index contributed by atoms with van der Waals surface area (Å²) in [5, 5.41) is 2.53. The van der Waals surface area contributed by atoms with Crippen molar-refractivity contribution in [3.8, 4) is 0 Å². The highest BCUT2D eigenvalue weighted by Crippen LogP contribution is 2.26. The van der Waals surface area contributed by atoms with E-state index in [0.717, 1.165) is 5.56 Å². The summed E-state index contributed by atoms with van der Waals surface area (Å²) in [6.07, 6.45) is 1.96. The molecule has 21 heavy (non-hydrogen) atoms. The minimum absolute atomic E-state index is 0.219. The van der Waals surface area contributed by atoms with Crippen molar-refractivity contribution >= 4 is 27.5 Å². The molecule has 1 saturated heterocycles. The van der Waals surface area contributed by atoms with Crippen LogP contribution < -0.4 is 5.32 Å². The van der Waals surface area contributed by atoms with Gasteiger partial charge in [0.15, 0.2) is 0 Å². The van der Waals surface area contributed by atoms with Gasteiger partial charge in [0.05, 0.1) is 4.90 Å². The van der Waals surface area contributed by atoms with Crippen LogP contribution in [0, 0.1) is 0 Å². The number of nitrogens with one attached hydrogen (secondary N) is 1. The number of carbonyl (C=O) groups is 1. The van der Waals surface area contributed by atoms with Gasteiger partial charge in [0.2, 0.25) is 15.9 Å². The summed E-state index contributed by atoms with van der Waals surface area (Å²) >= 11 is 5.67. The van der Waals surface area contributed by atoms with Crippen LogP contribution in [0.1, 0.15) is 18.4 Å². The highest BCUT2D eigenvalue weighted by molar-refractivity contribution is 7.89. The molecule has 1 unspecified atom stereocenters. The Kier molecular flexibility index (Phi) is 5.24. The molecule has 1 aromatic rings. The Morgan fingerprint density at radius 1 is 1.38 bits per heavy atom. The molecule has 1 aliphatic rings. The van der Waals surface area contributed by atoms with E-state index in [2.05, 4.69) is 5.32 Å². The molecule has 1 fully saturated rings. The van der Waals surface area contributed by atoms with E-state index < -0.39 is 16.1 Å². The predicted molar refractivity (Wildman–Crippen MR) is 81.8 cm³/mol. The second-order valence-corrected chi connectivity index (χ2v) is 7.24. The molecule has 0 aliphatic carbocycles. The maximum Gasteiger partial charge on any atom is 0.243 e. The van der Waals surface area contributed by atoms with Crippen LogP contribution in [-0.2, 0) is 21.2 Å². The Hall–Kier alpha value is -1.11. The van der Waals surface area contributed by atoms with Crippen molar-refractivity contribution in [3.05, 3.63) is 29.8 Å². The summed E-state index contributed by atoms with van der Waals surface area (Å²) in [6, 6.07) is 6.08. The van der Waals surface area contributed by atoms with Crippen LogP contribution >= 0.6 is 11.6 Å². The van der Waals surface area contributed by atoms with Crippen molar-refractivity contribution in [1.82, 2.24) is 9.62 Å². The number of nitrogens with zero attached hydrogens (tertiary/aromatic N) is 1. The number of halogens is 1. The summed E-state index contributed by atoms with van der Waals surface area (Å²) in [6.45, 7) is 0.379. The molecule has 1 atom stereocenters. The Morgan fingerprint density at radius 3 is 2.62 bits per heavy atom. The maximum absolute atomic E-state index is 12.7. The molecule has 0 radical (unpaired) electrons. The molecule has 0 bridgehead atoms. The number of benzene rings is 1. The Balaban J connectivity index is 2.26. The van der Waals surface area contributed by atoms with Crippen LogP contribution in [0.15, 0.2) is 29.2 Å². The smallest absolute Gasteiger partial charge is 0.243 e. The number of sulfonamides is 1. The van der Waals surface area contributed by atoms with Crippen LogP contribution in [0.4, 0.5) is 0 Å². The van der Waals surface area contributed by atoms with Crippen LogP contribution in [0.2, 0.25) is 0 Å². The standard InChI is InChI=1S/C14H19ClN2O3S/c1-16-14(18)13-3-2-10-17(13)21(19,20)12-6-4-11(5-7-12)8-9-15/h4-7,13H,2-3,8-10H2,1H3,(H,16,18). The van der Waals surface area contributed by atoms with E-state index >= 15 is 0 Å². The first kappa shape index (κ1) is 16.3.